The van der Waals surface area contributed by atoms with Crippen LogP contribution in [0.1, 0.15) is 0 Å². The minimum absolute atomic E-state index is 0.239. The van der Waals surface area contributed by atoms with E-state index >= 15 is 0 Å². The largest absolute Gasteiger partial charge is 0.507 e. The van der Waals surface area contributed by atoms with Crippen LogP contribution < -0.4 is 4.90 Å². The third-order valence-corrected chi connectivity index (χ3v) is 4.00. The predicted molar refractivity (Wildman–Crippen MR) is 86.2 cm³/mol. The number of hydrogen-bond donors (Lipinski definition) is 2. The standard InChI is InChI=1S/C17H17N3O2/c21-16-11-12(20-7-9-22-10-8-20)5-6-13(16)17-18-14-3-1-2-4-15(14)19-17/h1-6,11,21H,7-10H2,(H,18,19). The second kappa shape index (κ2) is 5.35. The molecule has 0 spiro atoms. The fourth-order valence-corrected chi connectivity index (χ4v) is 2.82. The fraction of sp³-hybridized carbons (Fsp3) is 0.235. The Balaban J connectivity index is 1.70. The van der Waals surface area contributed by atoms with Crippen molar-refractivity contribution in [2.24, 2.45) is 0 Å². The summed E-state index contributed by atoms with van der Waals surface area (Å²) in [7, 11) is 0. The molecule has 1 aromatic heterocycles. The van der Waals surface area contributed by atoms with E-state index in [1.807, 2.05) is 36.4 Å². The number of aromatic amines is 1. The van der Waals surface area contributed by atoms with E-state index in [-0.39, 0.29) is 5.75 Å². The molecule has 3 aromatic rings. The number of ether oxygens (including phenoxy) is 1. The molecule has 2 N–H and O–H groups in total. The Morgan fingerprint density at radius 1 is 1.09 bits per heavy atom. The second-order valence-corrected chi connectivity index (χ2v) is 5.40. The van der Waals surface area contributed by atoms with Gasteiger partial charge in [-0.1, -0.05) is 12.1 Å². The van der Waals surface area contributed by atoms with Crippen molar-refractivity contribution in [3.05, 3.63) is 42.5 Å². The number of nitrogens with one attached hydrogen (secondary N) is 1. The van der Waals surface area contributed by atoms with Crippen molar-refractivity contribution in [1.29, 1.82) is 0 Å². The van der Waals surface area contributed by atoms with Crippen LogP contribution in [0.25, 0.3) is 22.4 Å². The monoisotopic (exact) mass is 295 g/mol. The quantitative estimate of drug-likeness (QED) is 0.763. The lowest BCUT2D eigenvalue weighted by atomic mass is 10.1. The van der Waals surface area contributed by atoms with Gasteiger partial charge >= 0.3 is 0 Å². The summed E-state index contributed by atoms with van der Waals surface area (Å²) < 4.78 is 5.36. The summed E-state index contributed by atoms with van der Waals surface area (Å²) in [5.74, 6) is 0.926. The Morgan fingerprint density at radius 2 is 1.91 bits per heavy atom. The molecule has 2 aromatic carbocycles. The van der Waals surface area contributed by atoms with Gasteiger partial charge in [0.25, 0.3) is 0 Å². The Bertz CT molecular complexity index is 774. The normalized spacial score (nSPS) is 15.4. The van der Waals surface area contributed by atoms with Gasteiger partial charge in [0.2, 0.25) is 0 Å². The number of hydrogen-bond acceptors (Lipinski definition) is 4. The number of H-pyrrole nitrogens is 1. The second-order valence-electron chi connectivity index (χ2n) is 5.40. The molecule has 1 aliphatic heterocycles. The zero-order valence-electron chi connectivity index (χ0n) is 12.1. The summed E-state index contributed by atoms with van der Waals surface area (Å²) in [5, 5.41) is 10.4. The van der Waals surface area contributed by atoms with E-state index in [0.29, 0.717) is 11.4 Å². The molecule has 22 heavy (non-hydrogen) atoms. The van der Waals surface area contributed by atoms with Gasteiger partial charge in [-0.25, -0.2) is 4.98 Å². The summed E-state index contributed by atoms with van der Waals surface area (Å²) in [5.41, 5.74) is 3.59. The van der Waals surface area contributed by atoms with Crippen molar-refractivity contribution in [2.75, 3.05) is 31.2 Å². The number of para-hydroxylation sites is 2. The molecule has 1 fully saturated rings. The van der Waals surface area contributed by atoms with E-state index in [9.17, 15) is 5.11 Å². The average molecular weight is 295 g/mol. The predicted octanol–water partition coefficient (Wildman–Crippen LogP) is 2.77. The molecule has 0 aliphatic carbocycles. The number of aromatic hydroxyl groups is 1. The topological polar surface area (TPSA) is 61.4 Å². The highest BCUT2D eigenvalue weighted by Crippen LogP contribution is 2.32. The minimum atomic E-state index is 0.239. The molecule has 0 radical (unpaired) electrons. The smallest absolute Gasteiger partial charge is 0.142 e. The maximum Gasteiger partial charge on any atom is 0.142 e. The maximum atomic E-state index is 10.4. The zero-order valence-corrected chi connectivity index (χ0v) is 12.1. The first-order valence-corrected chi connectivity index (χ1v) is 7.42. The van der Waals surface area contributed by atoms with E-state index in [4.69, 9.17) is 4.74 Å². The molecular weight excluding hydrogens is 278 g/mol. The first kappa shape index (κ1) is 13.2. The van der Waals surface area contributed by atoms with E-state index in [1.54, 1.807) is 6.07 Å². The summed E-state index contributed by atoms with van der Waals surface area (Å²) in [4.78, 5) is 10.00. The van der Waals surface area contributed by atoms with Crippen molar-refractivity contribution >= 4 is 16.7 Å². The van der Waals surface area contributed by atoms with Crippen LogP contribution in [-0.2, 0) is 4.74 Å². The average Bonchev–Trinajstić information content (AvgIpc) is 2.99. The van der Waals surface area contributed by atoms with Crippen molar-refractivity contribution < 1.29 is 9.84 Å². The van der Waals surface area contributed by atoms with Gasteiger partial charge in [-0.3, -0.25) is 0 Å². The van der Waals surface area contributed by atoms with Crippen LogP contribution in [-0.4, -0.2) is 41.4 Å². The van der Waals surface area contributed by atoms with Gasteiger partial charge in [0.05, 0.1) is 29.8 Å². The number of benzene rings is 2. The molecule has 0 atom stereocenters. The van der Waals surface area contributed by atoms with Crippen molar-refractivity contribution in [1.82, 2.24) is 9.97 Å². The maximum absolute atomic E-state index is 10.4. The van der Waals surface area contributed by atoms with Gasteiger partial charge in [0.1, 0.15) is 11.6 Å². The Morgan fingerprint density at radius 3 is 2.68 bits per heavy atom. The lowest BCUT2D eigenvalue weighted by molar-refractivity contribution is 0.122. The summed E-state index contributed by atoms with van der Waals surface area (Å²) in [6.07, 6.45) is 0. The Kier molecular flexibility index (Phi) is 3.20. The number of nitrogens with zero attached hydrogens (tertiary/aromatic N) is 2. The molecule has 5 heteroatoms. The van der Waals surface area contributed by atoms with Crippen molar-refractivity contribution in [2.45, 2.75) is 0 Å². The molecule has 0 unspecified atom stereocenters. The Labute approximate surface area is 128 Å². The van der Waals surface area contributed by atoms with Crippen LogP contribution in [0.4, 0.5) is 5.69 Å². The fourth-order valence-electron chi connectivity index (χ4n) is 2.82. The van der Waals surface area contributed by atoms with Gasteiger partial charge in [0, 0.05) is 24.8 Å². The van der Waals surface area contributed by atoms with Crippen LogP contribution in [0.2, 0.25) is 0 Å². The SMILES string of the molecule is Oc1cc(N2CCOCC2)ccc1-c1nc2ccccc2[nH]1. The molecule has 0 amide bonds. The van der Waals surface area contributed by atoms with Gasteiger partial charge < -0.3 is 19.7 Å². The zero-order chi connectivity index (χ0) is 14.9. The van der Waals surface area contributed by atoms with Crippen LogP contribution >= 0.6 is 0 Å². The van der Waals surface area contributed by atoms with Crippen LogP contribution in [0.15, 0.2) is 42.5 Å². The number of phenolic OH excluding ortho intramolecular Hbond substituents is 1. The number of aromatic nitrogens is 2. The van der Waals surface area contributed by atoms with E-state index in [2.05, 4.69) is 14.9 Å². The molecule has 1 aliphatic rings. The third-order valence-electron chi connectivity index (χ3n) is 4.00. The van der Waals surface area contributed by atoms with Crippen LogP contribution in [0.3, 0.4) is 0 Å². The van der Waals surface area contributed by atoms with Gasteiger partial charge in [-0.2, -0.15) is 0 Å². The molecule has 0 saturated carbocycles. The number of fused-ring (bicyclic) bond motifs is 1. The van der Waals surface area contributed by atoms with E-state index < -0.39 is 0 Å². The summed E-state index contributed by atoms with van der Waals surface area (Å²) in [6.45, 7) is 3.16. The van der Waals surface area contributed by atoms with Crippen LogP contribution in [0.5, 0.6) is 5.75 Å². The van der Waals surface area contributed by atoms with Gasteiger partial charge in [-0.05, 0) is 24.3 Å². The molecule has 112 valence electrons. The van der Waals surface area contributed by atoms with Crippen LogP contribution in [0, 0.1) is 0 Å². The molecule has 2 heterocycles. The molecule has 4 rings (SSSR count). The number of phenols is 1. The number of morpholine rings is 1. The number of anilines is 1. The van der Waals surface area contributed by atoms with Crippen molar-refractivity contribution in [3.8, 4) is 17.1 Å². The van der Waals surface area contributed by atoms with Gasteiger partial charge in [-0.15, -0.1) is 0 Å². The summed E-state index contributed by atoms with van der Waals surface area (Å²) >= 11 is 0. The molecular formula is C17H17N3O2. The molecule has 0 bridgehead atoms. The van der Waals surface area contributed by atoms with E-state index in [1.165, 1.54) is 0 Å². The first-order valence-electron chi connectivity index (χ1n) is 7.42. The third kappa shape index (κ3) is 2.29. The highest BCUT2D eigenvalue weighted by Gasteiger charge is 2.15. The number of imidazole rings is 1. The number of rotatable bonds is 2. The Hall–Kier alpha value is -2.53. The minimum Gasteiger partial charge on any atom is -0.507 e. The molecule has 1 saturated heterocycles. The highest BCUT2D eigenvalue weighted by atomic mass is 16.5. The van der Waals surface area contributed by atoms with Gasteiger partial charge in [0.15, 0.2) is 0 Å². The highest BCUT2D eigenvalue weighted by molar-refractivity contribution is 5.81. The first-order chi connectivity index (χ1) is 10.8. The molecule has 5 nitrogen and oxygen atoms in total. The lowest BCUT2D eigenvalue weighted by Gasteiger charge is -2.29. The summed E-state index contributed by atoms with van der Waals surface area (Å²) in [6, 6.07) is 13.6. The lowest BCUT2D eigenvalue weighted by Crippen LogP contribution is -2.36. The van der Waals surface area contributed by atoms with Crippen molar-refractivity contribution in [3.63, 3.8) is 0 Å². The van der Waals surface area contributed by atoms with E-state index in [0.717, 1.165) is 43.0 Å².